The maximum absolute atomic E-state index is 12.0. The molecule has 28 heavy (non-hydrogen) atoms. The fourth-order valence-corrected chi connectivity index (χ4v) is 2.21. The first-order valence-corrected chi connectivity index (χ1v) is 8.98. The van der Waals surface area contributed by atoms with Gasteiger partial charge in [0, 0.05) is 30.7 Å². The molecule has 0 bridgehead atoms. The van der Waals surface area contributed by atoms with E-state index < -0.39 is 11.9 Å². The molecular formula is C19H24N4O5. The van der Waals surface area contributed by atoms with Crippen molar-refractivity contribution < 1.29 is 23.8 Å². The number of hydrogen-bond acceptors (Lipinski definition) is 8. The second kappa shape index (κ2) is 11.4. The smallest absolute Gasteiger partial charge is 0.308 e. The lowest BCUT2D eigenvalue weighted by Gasteiger charge is -2.13. The zero-order chi connectivity index (χ0) is 20.2. The average Bonchev–Trinajstić information content (AvgIpc) is 2.69. The summed E-state index contributed by atoms with van der Waals surface area (Å²) in [5.74, 6) is 0.616. The molecule has 1 amide bonds. The maximum atomic E-state index is 12.0. The third-order valence-corrected chi connectivity index (χ3v) is 3.37. The summed E-state index contributed by atoms with van der Waals surface area (Å²) in [6, 6.07) is 6.77. The predicted octanol–water partition coefficient (Wildman–Crippen LogP) is 2.26. The Bertz CT molecular complexity index is 770. The molecule has 0 spiro atoms. The Labute approximate surface area is 163 Å². The number of nitrogens with zero attached hydrogens (tertiary/aromatic N) is 2. The molecule has 9 heteroatoms. The largest absolute Gasteiger partial charge is 0.490 e. The van der Waals surface area contributed by atoms with E-state index in [-0.39, 0.29) is 13.0 Å². The van der Waals surface area contributed by atoms with E-state index in [0.29, 0.717) is 42.9 Å². The molecule has 150 valence electrons. The normalized spacial score (nSPS) is 10.1. The fraction of sp³-hybridized carbons (Fsp3) is 0.368. The van der Waals surface area contributed by atoms with Gasteiger partial charge in [-0.25, -0.2) is 9.97 Å². The number of carbonyl (C=O) groups excluding carboxylic acids is 2. The Morgan fingerprint density at radius 1 is 1.04 bits per heavy atom. The van der Waals surface area contributed by atoms with Gasteiger partial charge in [-0.2, -0.15) is 0 Å². The Morgan fingerprint density at radius 3 is 2.46 bits per heavy atom. The van der Waals surface area contributed by atoms with Crippen LogP contribution in [0.1, 0.15) is 20.3 Å². The van der Waals surface area contributed by atoms with Crippen molar-refractivity contribution in [1.29, 1.82) is 0 Å². The molecule has 1 heterocycles. The van der Waals surface area contributed by atoms with Crippen molar-refractivity contribution in [2.75, 3.05) is 37.0 Å². The molecule has 0 aliphatic heterocycles. The van der Waals surface area contributed by atoms with Crippen LogP contribution < -0.4 is 20.1 Å². The van der Waals surface area contributed by atoms with E-state index >= 15 is 0 Å². The molecule has 0 saturated heterocycles. The molecule has 2 rings (SSSR count). The van der Waals surface area contributed by atoms with E-state index in [1.54, 1.807) is 36.7 Å². The topological polar surface area (TPSA) is 112 Å². The molecule has 1 aromatic heterocycles. The molecule has 0 saturated carbocycles. The number of aromatic nitrogens is 2. The minimum Gasteiger partial charge on any atom is -0.490 e. The highest BCUT2D eigenvalue weighted by molar-refractivity contribution is 5.93. The van der Waals surface area contributed by atoms with Gasteiger partial charge in [-0.05, 0) is 32.0 Å². The van der Waals surface area contributed by atoms with Crippen LogP contribution in [0.2, 0.25) is 0 Å². The fourth-order valence-electron chi connectivity index (χ4n) is 2.21. The number of anilines is 2. The summed E-state index contributed by atoms with van der Waals surface area (Å²) in [5, 5.41) is 5.55. The zero-order valence-corrected chi connectivity index (χ0v) is 15.9. The monoisotopic (exact) mass is 388 g/mol. The second-order valence-electron chi connectivity index (χ2n) is 5.49. The van der Waals surface area contributed by atoms with Crippen LogP contribution in [-0.4, -0.2) is 48.2 Å². The molecule has 0 aliphatic carbocycles. The summed E-state index contributed by atoms with van der Waals surface area (Å²) in [7, 11) is 0. The van der Waals surface area contributed by atoms with Gasteiger partial charge in [-0.1, -0.05) is 0 Å². The number of ether oxygens (including phenoxy) is 3. The average molecular weight is 388 g/mol. The first kappa shape index (κ1) is 20.9. The number of amides is 1. The molecule has 0 aliphatic rings. The lowest BCUT2D eigenvalue weighted by Crippen LogP contribution is -2.22. The lowest BCUT2D eigenvalue weighted by atomic mass is 10.2. The summed E-state index contributed by atoms with van der Waals surface area (Å²) in [6.07, 6.45) is 3.27. The number of nitrogens with one attached hydrogen (secondary N) is 2. The number of benzene rings is 1. The molecule has 9 nitrogen and oxygen atoms in total. The van der Waals surface area contributed by atoms with E-state index in [1.165, 1.54) is 0 Å². The SMILES string of the molecule is CCOc1ccc(NC(=O)COC(=O)CCNc2ncccn2)cc1OCC. The van der Waals surface area contributed by atoms with Crippen molar-refractivity contribution in [2.24, 2.45) is 0 Å². The van der Waals surface area contributed by atoms with Crippen LogP contribution >= 0.6 is 0 Å². The number of carbonyl (C=O) groups is 2. The van der Waals surface area contributed by atoms with Crippen molar-refractivity contribution in [3.63, 3.8) is 0 Å². The van der Waals surface area contributed by atoms with Gasteiger partial charge < -0.3 is 24.8 Å². The quantitative estimate of drug-likeness (QED) is 0.564. The summed E-state index contributed by atoms with van der Waals surface area (Å²) < 4.78 is 16.0. The van der Waals surface area contributed by atoms with Crippen LogP contribution in [0.5, 0.6) is 11.5 Å². The van der Waals surface area contributed by atoms with Crippen molar-refractivity contribution in [2.45, 2.75) is 20.3 Å². The summed E-state index contributed by atoms with van der Waals surface area (Å²) in [4.78, 5) is 31.7. The van der Waals surface area contributed by atoms with E-state index in [4.69, 9.17) is 14.2 Å². The highest BCUT2D eigenvalue weighted by Gasteiger charge is 2.11. The van der Waals surface area contributed by atoms with E-state index in [1.807, 2.05) is 13.8 Å². The van der Waals surface area contributed by atoms with Gasteiger partial charge in [0.05, 0.1) is 19.6 Å². The van der Waals surface area contributed by atoms with Gasteiger partial charge in [0.1, 0.15) is 0 Å². The van der Waals surface area contributed by atoms with Crippen LogP contribution in [0.4, 0.5) is 11.6 Å². The Morgan fingerprint density at radius 2 is 1.75 bits per heavy atom. The van der Waals surface area contributed by atoms with Crippen LogP contribution in [0.15, 0.2) is 36.7 Å². The van der Waals surface area contributed by atoms with Crippen molar-refractivity contribution in [3.05, 3.63) is 36.7 Å². The predicted molar refractivity (Wildman–Crippen MR) is 104 cm³/mol. The highest BCUT2D eigenvalue weighted by atomic mass is 16.5. The second-order valence-corrected chi connectivity index (χ2v) is 5.49. The van der Waals surface area contributed by atoms with E-state index in [9.17, 15) is 9.59 Å². The van der Waals surface area contributed by atoms with Crippen LogP contribution in [-0.2, 0) is 14.3 Å². The van der Waals surface area contributed by atoms with Crippen LogP contribution in [0.25, 0.3) is 0 Å². The number of rotatable bonds is 11. The minimum absolute atomic E-state index is 0.0864. The van der Waals surface area contributed by atoms with Gasteiger partial charge in [0.15, 0.2) is 18.1 Å². The molecule has 2 N–H and O–H groups in total. The number of esters is 1. The number of hydrogen-bond donors (Lipinski definition) is 2. The minimum atomic E-state index is -0.500. The molecule has 1 aromatic carbocycles. The summed E-state index contributed by atoms with van der Waals surface area (Å²) in [6.45, 7) is 4.64. The van der Waals surface area contributed by atoms with Crippen molar-refractivity contribution in [3.8, 4) is 11.5 Å². The molecule has 0 unspecified atom stereocenters. The third-order valence-electron chi connectivity index (χ3n) is 3.37. The maximum Gasteiger partial charge on any atom is 0.308 e. The summed E-state index contributed by atoms with van der Waals surface area (Å²) in [5.41, 5.74) is 0.524. The first-order valence-electron chi connectivity index (χ1n) is 8.98. The summed E-state index contributed by atoms with van der Waals surface area (Å²) >= 11 is 0. The third kappa shape index (κ3) is 7.10. The van der Waals surface area contributed by atoms with Crippen molar-refractivity contribution >= 4 is 23.5 Å². The highest BCUT2D eigenvalue weighted by Crippen LogP contribution is 2.30. The van der Waals surface area contributed by atoms with Crippen molar-refractivity contribution in [1.82, 2.24) is 9.97 Å². The Kier molecular flexibility index (Phi) is 8.51. The molecular weight excluding hydrogens is 364 g/mol. The van der Waals surface area contributed by atoms with Gasteiger partial charge >= 0.3 is 5.97 Å². The van der Waals surface area contributed by atoms with Gasteiger partial charge in [0.2, 0.25) is 5.95 Å². The Balaban J connectivity index is 1.75. The van der Waals surface area contributed by atoms with Gasteiger partial charge in [0.25, 0.3) is 5.91 Å². The zero-order valence-electron chi connectivity index (χ0n) is 15.9. The Hall–Kier alpha value is -3.36. The molecule has 0 radical (unpaired) electrons. The van der Waals surface area contributed by atoms with E-state index in [0.717, 1.165) is 0 Å². The first-order chi connectivity index (χ1) is 13.6. The molecule has 0 fully saturated rings. The van der Waals surface area contributed by atoms with Gasteiger partial charge in [-0.3, -0.25) is 9.59 Å². The van der Waals surface area contributed by atoms with Crippen LogP contribution in [0, 0.1) is 0 Å². The van der Waals surface area contributed by atoms with Crippen LogP contribution in [0.3, 0.4) is 0 Å². The van der Waals surface area contributed by atoms with E-state index in [2.05, 4.69) is 20.6 Å². The molecule has 0 atom stereocenters. The molecule has 2 aromatic rings. The van der Waals surface area contributed by atoms with Gasteiger partial charge in [-0.15, -0.1) is 0 Å². The lowest BCUT2D eigenvalue weighted by molar-refractivity contribution is -0.147. The standard InChI is InChI=1S/C19H24N4O5/c1-3-26-15-7-6-14(12-16(15)27-4-2)23-17(24)13-28-18(25)8-11-22-19-20-9-5-10-21-19/h5-7,9-10,12H,3-4,8,11,13H2,1-2H3,(H,23,24)(H,20,21,22).